The highest BCUT2D eigenvalue weighted by atomic mass is 16.5. The van der Waals surface area contributed by atoms with Crippen LogP contribution in [0, 0.1) is 0 Å². The Morgan fingerprint density at radius 1 is 1.03 bits per heavy atom. The molecule has 30 heavy (non-hydrogen) atoms. The molecule has 3 heterocycles. The first kappa shape index (κ1) is 17.9. The Bertz CT molecular complexity index is 1380. The highest BCUT2D eigenvalue weighted by Gasteiger charge is 2.17. The third-order valence-corrected chi connectivity index (χ3v) is 4.76. The fourth-order valence-electron chi connectivity index (χ4n) is 3.29. The van der Waals surface area contributed by atoms with Crippen molar-refractivity contribution in [2.75, 3.05) is 7.11 Å². The lowest BCUT2D eigenvalue weighted by Crippen LogP contribution is -2.21. The first-order valence-electron chi connectivity index (χ1n) is 9.33. The van der Waals surface area contributed by atoms with Crippen molar-refractivity contribution >= 4 is 5.65 Å². The van der Waals surface area contributed by atoms with Crippen LogP contribution in [0.5, 0.6) is 5.75 Å². The molecule has 0 atom stereocenters. The van der Waals surface area contributed by atoms with Crippen LogP contribution >= 0.6 is 0 Å². The monoisotopic (exact) mass is 399 g/mol. The average Bonchev–Trinajstić information content (AvgIpc) is 3.40. The number of hydrogen-bond donors (Lipinski definition) is 0. The molecule has 8 heteroatoms. The summed E-state index contributed by atoms with van der Waals surface area (Å²) in [6, 6.07) is 20.6. The molecular formula is C22H17N5O3. The van der Waals surface area contributed by atoms with Crippen LogP contribution in [0.2, 0.25) is 0 Å². The van der Waals surface area contributed by atoms with E-state index in [2.05, 4.69) is 15.2 Å². The summed E-state index contributed by atoms with van der Waals surface area (Å²) in [6.07, 6.45) is 1.67. The normalized spacial score (nSPS) is 11.1. The molecule has 0 N–H and O–H groups in total. The van der Waals surface area contributed by atoms with Crippen LogP contribution in [0.25, 0.3) is 28.5 Å². The molecule has 0 bridgehead atoms. The van der Waals surface area contributed by atoms with Gasteiger partial charge >= 0.3 is 5.69 Å². The van der Waals surface area contributed by atoms with Gasteiger partial charge in [-0.3, -0.25) is 0 Å². The van der Waals surface area contributed by atoms with Crippen molar-refractivity contribution < 1.29 is 9.26 Å². The minimum Gasteiger partial charge on any atom is -0.497 e. The van der Waals surface area contributed by atoms with Gasteiger partial charge in [-0.25, -0.2) is 13.9 Å². The molecule has 5 aromatic rings. The Kier molecular flexibility index (Phi) is 4.36. The van der Waals surface area contributed by atoms with Gasteiger partial charge in [-0.05, 0) is 29.8 Å². The SMILES string of the molecule is COc1cccc(Cn2nc3c(-c4nc(-c5ccccc5)no4)cccn3c2=O)c1. The standard InChI is InChI=1S/C22H17N5O3/c1-29-17-10-5-7-15(13-17)14-27-22(28)26-12-6-11-18(20(26)24-27)21-23-19(25-30-21)16-8-3-2-4-9-16/h2-13H,14H2,1H3. The molecule has 0 spiro atoms. The van der Waals surface area contributed by atoms with Crippen molar-refractivity contribution in [3.63, 3.8) is 0 Å². The Balaban J connectivity index is 1.55. The second kappa shape index (κ2) is 7.32. The van der Waals surface area contributed by atoms with Gasteiger partial charge < -0.3 is 9.26 Å². The predicted molar refractivity (Wildman–Crippen MR) is 110 cm³/mol. The maximum absolute atomic E-state index is 12.9. The van der Waals surface area contributed by atoms with Gasteiger partial charge in [0.15, 0.2) is 5.65 Å². The highest BCUT2D eigenvalue weighted by Crippen LogP contribution is 2.24. The lowest BCUT2D eigenvalue weighted by molar-refractivity contribution is 0.414. The van der Waals surface area contributed by atoms with Crippen LogP contribution in [-0.4, -0.2) is 31.4 Å². The average molecular weight is 399 g/mol. The first-order valence-corrected chi connectivity index (χ1v) is 9.33. The summed E-state index contributed by atoms with van der Waals surface area (Å²) in [5, 5.41) is 8.58. The smallest absolute Gasteiger partial charge is 0.350 e. The molecule has 0 aliphatic carbocycles. The minimum atomic E-state index is -0.252. The molecule has 0 unspecified atom stereocenters. The number of ether oxygens (including phenoxy) is 1. The first-order chi connectivity index (χ1) is 14.7. The van der Waals surface area contributed by atoms with Crippen LogP contribution in [0.1, 0.15) is 5.56 Å². The number of methoxy groups -OCH3 is 1. The van der Waals surface area contributed by atoms with Gasteiger partial charge in [0, 0.05) is 11.8 Å². The summed E-state index contributed by atoms with van der Waals surface area (Å²) in [6.45, 7) is 0.316. The van der Waals surface area contributed by atoms with E-state index in [0.717, 1.165) is 16.9 Å². The summed E-state index contributed by atoms with van der Waals surface area (Å²) < 4.78 is 13.6. The van der Waals surface area contributed by atoms with Gasteiger partial charge in [-0.15, -0.1) is 5.10 Å². The number of benzene rings is 2. The van der Waals surface area contributed by atoms with Crippen LogP contribution in [0.15, 0.2) is 82.2 Å². The molecule has 0 aliphatic rings. The van der Waals surface area contributed by atoms with Crippen molar-refractivity contribution in [1.29, 1.82) is 0 Å². The third kappa shape index (κ3) is 3.14. The second-order valence-corrected chi connectivity index (χ2v) is 6.70. The van der Waals surface area contributed by atoms with Crippen molar-refractivity contribution in [1.82, 2.24) is 24.3 Å². The van der Waals surface area contributed by atoms with Gasteiger partial charge in [-0.1, -0.05) is 47.6 Å². The number of nitrogens with zero attached hydrogens (tertiary/aromatic N) is 5. The van der Waals surface area contributed by atoms with Gasteiger partial charge in [-0.2, -0.15) is 4.98 Å². The summed E-state index contributed by atoms with van der Waals surface area (Å²) in [7, 11) is 1.61. The van der Waals surface area contributed by atoms with Crippen molar-refractivity contribution in [2.24, 2.45) is 0 Å². The van der Waals surface area contributed by atoms with Crippen LogP contribution in [0.3, 0.4) is 0 Å². The van der Waals surface area contributed by atoms with E-state index in [4.69, 9.17) is 9.26 Å². The summed E-state index contributed by atoms with van der Waals surface area (Å²) in [5.41, 5.74) is 2.55. The zero-order chi connectivity index (χ0) is 20.5. The van der Waals surface area contributed by atoms with Gasteiger partial charge in [0.1, 0.15) is 5.75 Å². The fourth-order valence-corrected chi connectivity index (χ4v) is 3.29. The van der Waals surface area contributed by atoms with Crippen molar-refractivity contribution in [3.05, 3.63) is 89.0 Å². The molecule has 0 aliphatic heterocycles. The highest BCUT2D eigenvalue weighted by molar-refractivity contribution is 5.72. The maximum Gasteiger partial charge on any atom is 0.350 e. The molecule has 8 nitrogen and oxygen atoms in total. The van der Waals surface area contributed by atoms with E-state index in [-0.39, 0.29) is 5.69 Å². The Morgan fingerprint density at radius 2 is 1.90 bits per heavy atom. The molecule has 3 aromatic heterocycles. The van der Waals surface area contributed by atoms with Crippen molar-refractivity contribution in [2.45, 2.75) is 6.54 Å². The Morgan fingerprint density at radius 3 is 2.73 bits per heavy atom. The number of rotatable bonds is 5. The molecule has 0 saturated carbocycles. The summed E-state index contributed by atoms with van der Waals surface area (Å²) in [4.78, 5) is 17.4. The molecule has 148 valence electrons. The summed E-state index contributed by atoms with van der Waals surface area (Å²) >= 11 is 0. The Hall–Kier alpha value is -4.20. The van der Waals surface area contributed by atoms with E-state index in [1.54, 1.807) is 25.4 Å². The van der Waals surface area contributed by atoms with E-state index >= 15 is 0 Å². The lowest BCUT2D eigenvalue weighted by Gasteiger charge is -2.03. The zero-order valence-electron chi connectivity index (χ0n) is 16.1. The molecule has 0 amide bonds. The molecule has 2 aromatic carbocycles. The molecule has 5 rings (SSSR count). The number of hydrogen-bond acceptors (Lipinski definition) is 6. The fraction of sp³-hybridized carbons (Fsp3) is 0.0909. The van der Waals surface area contributed by atoms with Gasteiger partial charge in [0.25, 0.3) is 5.89 Å². The van der Waals surface area contributed by atoms with E-state index in [1.165, 1.54) is 9.08 Å². The van der Waals surface area contributed by atoms with Crippen molar-refractivity contribution in [3.8, 4) is 28.6 Å². The topological polar surface area (TPSA) is 87.4 Å². The van der Waals surface area contributed by atoms with Gasteiger partial charge in [0.05, 0.1) is 19.2 Å². The lowest BCUT2D eigenvalue weighted by atomic mass is 10.2. The van der Waals surface area contributed by atoms with E-state index in [0.29, 0.717) is 29.5 Å². The molecule has 0 radical (unpaired) electrons. The Labute approximate surface area is 171 Å². The summed E-state index contributed by atoms with van der Waals surface area (Å²) in [5.74, 6) is 1.51. The van der Waals surface area contributed by atoms with E-state index in [9.17, 15) is 4.79 Å². The second-order valence-electron chi connectivity index (χ2n) is 6.70. The van der Waals surface area contributed by atoms with Crippen LogP contribution < -0.4 is 10.4 Å². The van der Waals surface area contributed by atoms with Crippen LogP contribution in [-0.2, 0) is 6.54 Å². The third-order valence-electron chi connectivity index (χ3n) is 4.76. The molecular weight excluding hydrogens is 382 g/mol. The number of aromatic nitrogens is 5. The zero-order valence-corrected chi connectivity index (χ0v) is 16.1. The van der Waals surface area contributed by atoms with E-state index in [1.807, 2.05) is 54.6 Å². The maximum atomic E-state index is 12.9. The molecule has 0 saturated heterocycles. The quantitative estimate of drug-likeness (QED) is 0.451. The predicted octanol–water partition coefficient (Wildman–Crippen LogP) is 3.27. The minimum absolute atomic E-state index is 0.252. The number of pyridine rings is 1. The van der Waals surface area contributed by atoms with Crippen LogP contribution in [0.4, 0.5) is 0 Å². The largest absolute Gasteiger partial charge is 0.497 e. The molecule has 0 fully saturated rings. The van der Waals surface area contributed by atoms with Gasteiger partial charge in [0.2, 0.25) is 5.82 Å². The van der Waals surface area contributed by atoms with E-state index < -0.39 is 0 Å². The number of fused-ring (bicyclic) bond motifs is 1.